The van der Waals surface area contributed by atoms with Crippen LogP contribution in [0.2, 0.25) is 0 Å². The van der Waals surface area contributed by atoms with Gasteiger partial charge < -0.3 is 10.1 Å². The summed E-state index contributed by atoms with van der Waals surface area (Å²) in [6.07, 6.45) is 3.09. The number of nitrogens with one attached hydrogen (secondary N) is 1. The van der Waals surface area contributed by atoms with Gasteiger partial charge in [-0.2, -0.15) is 0 Å². The van der Waals surface area contributed by atoms with E-state index in [0.717, 1.165) is 10.7 Å². The minimum Gasteiger partial charge on any atom is -0.455 e. The minimum atomic E-state index is -0.538. The van der Waals surface area contributed by atoms with Crippen molar-refractivity contribution in [2.75, 3.05) is 5.32 Å². The first-order valence-electron chi connectivity index (χ1n) is 7.67. The van der Waals surface area contributed by atoms with E-state index in [-0.39, 0.29) is 23.0 Å². The lowest BCUT2D eigenvalue weighted by atomic mass is 10.2. The molecule has 1 aromatic heterocycles. The second-order valence-corrected chi connectivity index (χ2v) is 8.95. The van der Waals surface area contributed by atoms with Gasteiger partial charge in [0.2, 0.25) is 0 Å². The molecule has 1 heterocycles. The standard InChI is InChI=1S/C18H10I3N3O4/c19-10-4-15(17(21)16(20)5-10)18(25)23-11-6-12(24(26)27)8-14(7-11)28-13-2-1-3-22-9-13/h1-9H,(H,23,25). The average Bonchev–Trinajstić information content (AvgIpc) is 2.65. The van der Waals surface area contributed by atoms with Gasteiger partial charge in [-0.25, -0.2) is 0 Å². The van der Waals surface area contributed by atoms with E-state index in [9.17, 15) is 14.9 Å². The first-order chi connectivity index (χ1) is 13.3. The normalized spacial score (nSPS) is 10.4. The third-order valence-corrected chi connectivity index (χ3v) is 7.14. The van der Waals surface area contributed by atoms with Crippen molar-refractivity contribution >= 4 is 85.1 Å². The van der Waals surface area contributed by atoms with Crippen molar-refractivity contribution in [1.29, 1.82) is 0 Å². The summed E-state index contributed by atoms with van der Waals surface area (Å²) in [7, 11) is 0. The van der Waals surface area contributed by atoms with Crippen LogP contribution in [0.25, 0.3) is 0 Å². The Labute approximate surface area is 200 Å². The fraction of sp³-hybridized carbons (Fsp3) is 0. The second-order valence-electron chi connectivity index (χ2n) is 5.47. The highest BCUT2D eigenvalue weighted by atomic mass is 127. The van der Waals surface area contributed by atoms with Gasteiger partial charge in [-0.1, -0.05) is 0 Å². The molecule has 0 aliphatic carbocycles. The first-order valence-corrected chi connectivity index (χ1v) is 10.9. The van der Waals surface area contributed by atoms with Crippen LogP contribution < -0.4 is 10.1 Å². The molecule has 3 aromatic rings. The number of carbonyl (C=O) groups is 1. The molecule has 1 amide bonds. The molecule has 2 aromatic carbocycles. The smallest absolute Gasteiger partial charge is 0.275 e. The van der Waals surface area contributed by atoms with Crippen LogP contribution >= 0.6 is 67.8 Å². The number of carbonyl (C=O) groups excluding carboxylic acids is 1. The molecule has 0 radical (unpaired) electrons. The molecule has 0 saturated carbocycles. The van der Waals surface area contributed by atoms with Gasteiger partial charge in [0.15, 0.2) is 0 Å². The van der Waals surface area contributed by atoms with Crippen LogP contribution in [0.15, 0.2) is 54.9 Å². The Hall–Kier alpha value is -1.55. The lowest BCUT2D eigenvalue weighted by molar-refractivity contribution is -0.384. The van der Waals surface area contributed by atoms with Crippen LogP contribution in [0.1, 0.15) is 10.4 Å². The number of nitro benzene ring substituents is 1. The highest BCUT2D eigenvalue weighted by molar-refractivity contribution is 14.1. The van der Waals surface area contributed by atoms with Gasteiger partial charge in [-0.15, -0.1) is 0 Å². The van der Waals surface area contributed by atoms with Gasteiger partial charge in [0.05, 0.1) is 28.4 Å². The van der Waals surface area contributed by atoms with Gasteiger partial charge >= 0.3 is 0 Å². The van der Waals surface area contributed by atoms with Crippen LogP contribution in [-0.4, -0.2) is 15.8 Å². The fourth-order valence-electron chi connectivity index (χ4n) is 2.28. The van der Waals surface area contributed by atoms with E-state index >= 15 is 0 Å². The van der Waals surface area contributed by atoms with Crippen molar-refractivity contribution in [2.45, 2.75) is 0 Å². The maximum atomic E-state index is 12.7. The largest absolute Gasteiger partial charge is 0.455 e. The zero-order chi connectivity index (χ0) is 20.3. The molecule has 7 nitrogen and oxygen atoms in total. The van der Waals surface area contributed by atoms with Crippen molar-refractivity contribution in [2.24, 2.45) is 0 Å². The summed E-state index contributed by atoms with van der Waals surface area (Å²) in [6.45, 7) is 0. The number of non-ortho nitro benzene ring substituents is 1. The first kappa shape index (κ1) is 21.2. The Morgan fingerprint density at radius 1 is 1.11 bits per heavy atom. The van der Waals surface area contributed by atoms with E-state index in [1.54, 1.807) is 24.4 Å². The number of rotatable bonds is 5. The molecule has 0 spiro atoms. The summed E-state index contributed by atoms with van der Waals surface area (Å²) in [5.41, 5.74) is 0.574. The number of aromatic nitrogens is 1. The van der Waals surface area contributed by atoms with Crippen molar-refractivity contribution in [3.63, 3.8) is 0 Å². The quantitative estimate of drug-likeness (QED) is 0.155. The summed E-state index contributed by atoms with van der Waals surface area (Å²) < 4.78 is 8.33. The van der Waals surface area contributed by atoms with Crippen molar-refractivity contribution < 1.29 is 14.5 Å². The van der Waals surface area contributed by atoms with Gasteiger partial charge in [-0.05, 0) is 92.0 Å². The number of anilines is 1. The van der Waals surface area contributed by atoms with Crippen LogP contribution in [-0.2, 0) is 0 Å². The van der Waals surface area contributed by atoms with Crippen molar-refractivity contribution in [3.8, 4) is 11.5 Å². The van der Waals surface area contributed by atoms with E-state index in [2.05, 4.69) is 78.1 Å². The number of amides is 1. The summed E-state index contributed by atoms with van der Waals surface area (Å²) in [5, 5.41) is 14.0. The van der Waals surface area contributed by atoms with Crippen LogP contribution in [0.4, 0.5) is 11.4 Å². The summed E-state index contributed by atoms with van der Waals surface area (Å²) in [5.74, 6) is 0.306. The number of benzene rings is 2. The van der Waals surface area contributed by atoms with Crippen molar-refractivity contribution in [1.82, 2.24) is 4.98 Å². The molecule has 0 bridgehead atoms. The number of halogens is 3. The maximum Gasteiger partial charge on any atom is 0.275 e. The average molecular weight is 713 g/mol. The number of pyridine rings is 1. The van der Waals surface area contributed by atoms with Gasteiger partial charge in [0, 0.05) is 29.0 Å². The van der Waals surface area contributed by atoms with E-state index in [4.69, 9.17) is 4.74 Å². The molecular formula is C18H10I3N3O4. The Morgan fingerprint density at radius 2 is 1.89 bits per heavy atom. The molecular weight excluding hydrogens is 703 g/mol. The zero-order valence-corrected chi connectivity index (χ0v) is 20.3. The molecule has 0 aliphatic heterocycles. The molecule has 1 N–H and O–H groups in total. The topological polar surface area (TPSA) is 94.4 Å². The Morgan fingerprint density at radius 3 is 2.57 bits per heavy atom. The zero-order valence-electron chi connectivity index (χ0n) is 13.9. The minimum absolute atomic E-state index is 0.191. The molecule has 0 unspecified atom stereocenters. The van der Waals surface area contributed by atoms with Crippen LogP contribution in [0.3, 0.4) is 0 Å². The third kappa shape index (κ3) is 5.28. The summed E-state index contributed by atoms with van der Waals surface area (Å²) in [4.78, 5) is 27.4. The Balaban J connectivity index is 1.93. The molecule has 142 valence electrons. The number of nitro groups is 1. The molecule has 3 rings (SSSR count). The van der Waals surface area contributed by atoms with Crippen LogP contribution in [0.5, 0.6) is 11.5 Å². The fourth-order valence-corrected chi connectivity index (χ4v) is 4.68. The molecule has 28 heavy (non-hydrogen) atoms. The number of hydrogen-bond donors (Lipinski definition) is 1. The van der Waals surface area contributed by atoms with E-state index in [0.29, 0.717) is 11.3 Å². The van der Waals surface area contributed by atoms with Gasteiger partial charge in [0.1, 0.15) is 11.5 Å². The van der Waals surface area contributed by atoms with Crippen LogP contribution in [0, 0.1) is 20.8 Å². The predicted molar refractivity (Wildman–Crippen MR) is 130 cm³/mol. The highest BCUT2D eigenvalue weighted by Gasteiger charge is 2.17. The summed E-state index contributed by atoms with van der Waals surface area (Å²) >= 11 is 6.41. The molecule has 0 saturated heterocycles. The summed E-state index contributed by atoms with van der Waals surface area (Å²) in [6, 6.07) is 11.2. The van der Waals surface area contributed by atoms with Crippen molar-refractivity contribution in [3.05, 3.63) is 81.2 Å². The molecule has 0 aliphatic rings. The SMILES string of the molecule is O=C(Nc1cc(Oc2cccnc2)cc([N+](=O)[O-])c1)c1cc(I)cc(I)c1I. The highest BCUT2D eigenvalue weighted by Crippen LogP contribution is 2.30. The number of ether oxygens (including phenoxy) is 1. The monoisotopic (exact) mass is 713 g/mol. The van der Waals surface area contributed by atoms with Gasteiger partial charge in [0.25, 0.3) is 11.6 Å². The number of nitrogens with zero attached hydrogens (tertiary/aromatic N) is 2. The third-order valence-electron chi connectivity index (χ3n) is 3.47. The molecule has 10 heteroatoms. The molecule has 0 fully saturated rings. The lowest BCUT2D eigenvalue weighted by Gasteiger charge is -2.11. The Bertz CT molecular complexity index is 1060. The van der Waals surface area contributed by atoms with E-state index < -0.39 is 4.92 Å². The van der Waals surface area contributed by atoms with E-state index in [1.165, 1.54) is 24.4 Å². The molecule has 0 atom stereocenters. The maximum absolute atomic E-state index is 12.7. The Kier molecular flexibility index (Phi) is 7.03. The number of hydrogen-bond acceptors (Lipinski definition) is 5. The second kappa shape index (κ2) is 9.30. The van der Waals surface area contributed by atoms with Gasteiger partial charge in [-0.3, -0.25) is 19.9 Å². The van der Waals surface area contributed by atoms with E-state index in [1.807, 2.05) is 6.07 Å². The lowest BCUT2D eigenvalue weighted by Crippen LogP contribution is -2.14. The predicted octanol–water partition coefficient (Wildman–Crippen LogP) is 5.85.